The zero-order chi connectivity index (χ0) is 15.8. The number of para-hydroxylation sites is 1. The first-order valence-corrected chi connectivity index (χ1v) is 6.68. The minimum atomic E-state index is -1.12. The normalized spacial score (nSPS) is 10.8. The van der Waals surface area contributed by atoms with Gasteiger partial charge in [-0.25, -0.2) is 9.18 Å². The first kappa shape index (κ1) is 16.7. The number of carboxylic acid groups (broad SMARTS) is 1. The smallest absolute Gasteiger partial charge is 0.328 e. The van der Waals surface area contributed by atoms with Gasteiger partial charge in [-0.05, 0) is 18.6 Å². The highest BCUT2D eigenvalue weighted by molar-refractivity contribution is 5.88. The lowest BCUT2D eigenvalue weighted by Crippen LogP contribution is -2.35. The van der Waals surface area contributed by atoms with Gasteiger partial charge in [0.1, 0.15) is 5.82 Å². The van der Waals surface area contributed by atoms with Crippen molar-refractivity contribution in [2.24, 2.45) is 5.73 Å². The summed E-state index contributed by atoms with van der Waals surface area (Å²) in [6.07, 6.45) is 3.88. The molecule has 0 aliphatic carbocycles. The number of anilines is 1. The van der Waals surface area contributed by atoms with E-state index in [0.717, 1.165) is 18.9 Å². The number of carbonyl (C=O) groups excluding carboxylic acids is 1. The average Bonchev–Trinajstić information content (AvgIpc) is 2.41. The lowest BCUT2D eigenvalue weighted by molar-refractivity contribution is -0.131. The maximum Gasteiger partial charge on any atom is 0.328 e. The van der Waals surface area contributed by atoms with E-state index in [1.165, 1.54) is 18.2 Å². The summed E-state index contributed by atoms with van der Waals surface area (Å²) in [5, 5.41) is 8.69. The number of hydrogen-bond acceptors (Lipinski definition) is 3. The fourth-order valence-electron chi connectivity index (χ4n) is 1.97. The van der Waals surface area contributed by atoms with Crippen LogP contribution in [0.5, 0.6) is 0 Å². The number of primary amides is 1. The number of unbranched alkanes of at least 4 members (excludes halogenated alkanes) is 1. The van der Waals surface area contributed by atoms with E-state index >= 15 is 0 Å². The van der Waals surface area contributed by atoms with E-state index in [9.17, 15) is 14.0 Å². The predicted octanol–water partition coefficient (Wildman–Crippen LogP) is 2.02. The van der Waals surface area contributed by atoms with Gasteiger partial charge in [0.05, 0.1) is 12.2 Å². The highest BCUT2D eigenvalue weighted by atomic mass is 19.1. The summed E-state index contributed by atoms with van der Waals surface area (Å²) in [4.78, 5) is 23.3. The number of rotatable bonds is 8. The first-order valence-electron chi connectivity index (χ1n) is 6.68. The van der Waals surface area contributed by atoms with Crippen LogP contribution >= 0.6 is 0 Å². The Balaban J connectivity index is 3.20. The van der Waals surface area contributed by atoms with Crippen LogP contribution in [-0.4, -0.2) is 30.1 Å². The van der Waals surface area contributed by atoms with Crippen LogP contribution in [0.4, 0.5) is 10.1 Å². The van der Waals surface area contributed by atoms with Crippen LogP contribution in [0.3, 0.4) is 0 Å². The average molecular weight is 294 g/mol. The van der Waals surface area contributed by atoms with E-state index < -0.39 is 17.7 Å². The second kappa shape index (κ2) is 8.04. The molecular weight excluding hydrogens is 275 g/mol. The zero-order valence-corrected chi connectivity index (χ0v) is 11.9. The topological polar surface area (TPSA) is 83.6 Å². The van der Waals surface area contributed by atoms with Gasteiger partial charge < -0.3 is 15.7 Å². The fraction of sp³-hybridized carbons (Fsp3) is 0.333. The minimum Gasteiger partial charge on any atom is -0.478 e. The Morgan fingerprint density at radius 2 is 2.14 bits per heavy atom. The van der Waals surface area contributed by atoms with Gasteiger partial charge in [0.15, 0.2) is 0 Å². The van der Waals surface area contributed by atoms with E-state index in [2.05, 4.69) is 0 Å². The van der Waals surface area contributed by atoms with Crippen molar-refractivity contribution in [1.29, 1.82) is 0 Å². The number of nitrogens with zero attached hydrogens (tertiary/aromatic N) is 1. The van der Waals surface area contributed by atoms with Crippen LogP contribution in [-0.2, 0) is 9.59 Å². The number of amides is 1. The van der Waals surface area contributed by atoms with Crippen LogP contribution in [0.2, 0.25) is 0 Å². The molecule has 0 aromatic heterocycles. The Labute approximate surface area is 122 Å². The van der Waals surface area contributed by atoms with Gasteiger partial charge >= 0.3 is 5.97 Å². The van der Waals surface area contributed by atoms with Crippen molar-refractivity contribution in [2.45, 2.75) is 19.8 Å². The van der Waals surface area contributed by atoms with Crippen molar-refractivity contribution < 1.29 is 19.1 Å². The second-order valence-corrected chi connectivity index (χ2v) is 4.59. The summed E-state index contributed by atoms with van der Waals surface area (Å²) in [6.45, 7) is 2.33. The van der Waals surface area contributed by atoms with E-state index in [1.807, 2.05) is 6.92 Å². The Morgan fingerprint density at radius 1 is 1.43 bits per heavy atom. The number of halogens is 1. The molecule has 1 amide bonds. The van der Waals surface area contributed by atoms with Crippen LogP contribution in [0, 0.1) is 5.82 Å². The van der Waals surface area contributed by atoms with E-state index in [4.69, 9.17) is 10.8 Å². The highest BCUT2D eigenvalue weighted by Gasteiger charge is 2.16. The number of aliphatic carboxylic acids is 1. The molecule has 0 aliphatic heterocycles. The van der Waals surface area contributed by atoms with Gasteiger partial charge in [-0.3, -0.25) is 4.79 Å². The lowest BCUT2D eigenvalue weighted by Gasteiger charge is -2.25. The first-order chi connectivity index (χ1) is 9.95. The van der Waals surface area contributed by atoms with Gasteiger partial charge in [-0.15, -0.1) is 0 Å². The summed E-state index contributed by atoms with van der Waals surface area (Å²) in [5.41, 5.74) is 5.80. The summed E-state index contributed by atoms with van der Waals surface area (Å²) < 4.78 is 14.1. The van der Waals surface area contributed by atoms with Crippen molar-refractivity contribution in [1.82, 2.24) is 0 Å². The van der Waals surface area contributed by atoms with Crippen LogP contribution < -0.4 is 10.6 Å². The molecule has 0 unspecified atom stereocenters. The van der Waals surface area contributed by atoms with Crippen LogP contribution in [0.1, 0.15) is 25.3 Å². The highest BCUT2D eigenvalue weighted by Crippen LogP contribution is 2.26. The summed E-state index contributed by atoms with van der Waals surface area (Å²) in [6, 6.07) is 4.35. The summed E-state index contributed by atoms with van der Waals surface area (Å²) >= 11 is 0. The third-order valence-corrected chi connectivity index (χ3v) is 2.87. The molecule has 0 radical (unpaired) electrons. The van der Waals surface area contributed by atoms with Crippen molar-refractivity contribution in [2.75, 3.05) is 18.0 Å². The summed E-state index contributed by atoms with van der Waals surface area (Å²) in [5.74, 6) is -2.21. The molecule has 1 rings (SSSR count). The molecular formula is C15H19FN2O3. The van der Waals surface area contributed by atoms with E-state index in [1.54, 1.807) is 11.0 Å². The molecule has 0 atom stereocenters. The Hall–Kier alpha value is -2.37. The maximum atomic E-state index is 14.1. The van der Waals surface area contributed by atoms with E-state index in [-0.39, 0.29) is 12.2 Å². The summed E-state index contributed by atoms with van der Waals surface area (Å²) in [7, 11) is 0. The third kappa shape index (κ3) is 5.25. The molecule has 0 fully saturated rings. The number of benzene rings is 1. The molecule has 114 valence electrons. The molecule has 1 aromatic rings. The van der Waals surface area contributed by atoms with E-state index in [0.29, 0.717) is 12.1 Å². The molecule has 0 saturated carbocycles. The molecule has 6 heteroatoms. The largest absolute Gasteiger partial charge is 0.478 e. The molecule has 0 aliphatic rings. The molecule has 0 heterocycles. The molecule has 5 nitrogen and oxygen atoms in total. The van der Waals surface area contributed by atoms with Gasteiger partial charge in [0, 0.05) is 18.2 Å². The lowest BCUT2D eigenvalue weighted by atomic mass is 10.1. The number of carboxylic acids is 1. The van der Waals surface area contributed by atoms with Crippen LogP contribution in [0.25, 0.3) is 6.08 Å². The fourth-order valence-corrected chi connectivity index (χ4v) is 1.97. The van der Waals surface area contributed by atoms with Gasteiger partial charge in [-0.1, -0.05) is 25.5 Å². The Bertz CT molecular complexity index is 544. The maximum absolute atomic E-state index is 14.1. The quantitative estimate of drug-likeness (QED) is 0.718. The molecule has 21 heavy (non-hydrogen) atoms. The molecule has 1 aromatic carbocycles. The van der Waals surface area contributed by atoms with Crippen molar-refractivity contribution in [3.8, 4) is 0 Å². The van der Waals surface area contributed by atoms with Gasteiger partial charge in [-0.2, -0.15) is 0 Å². The second-order valence-electron chi connectivity index (χ2n) is 4.59. The molecule has 0 saturated heterocycles. The monoisotopic (exact) mass is 294 g/mol. The predicted molar refractivity (Wildman–Crippen MR) is 79.4 cm³/mol. The minimum absolute atomic E-state index is 0.116. The standard InChI is InChI=1S/C15H19FN2O3/c1-2-3-9-18(10-13(17)19)15-11(7-8-14(20)21)5-4-6-12(15)16/h4-8H,2-3,9-10H2,1H3,(H2,17,19)(H,20,21)/b8-7+. The zero-order valence-electron chi connectivity index (χ0n) is 11.9. The van der Waals surface area contributed by atoms with Crippen molar-refractivity contribution in [3.05, 3.63) is 35.7 Å². The Morgan fingerprint density at radius 3 is 2.71 bits per heavy atom. The van der Waals surface area contributed by atoms with Crippen LogP contribution in [0.15, 0.2) is 24.3 Å². The third-order valence-electron chi connectivity index (χ3n) is 2.87. The molecule has 0 spiro atoms. The molecule has 3 N–H and O–H groups in total. The SMILES string of the molecule is CCCCN(CC(N)=O)c1c(F)cccc1/C=C/C(=O)O. The number of hydrogen-bond donors (Lipinski definition) is 2. The molecule has 0 bridgehead atoms. The van der Waals surface area contributed by atoms with Crippen molar-refractivity contribution >= 4 is 23.6 Å². The van der Waals surface area contributed by atoms with Gasteiger partial charge in [0.25, 0.3) is 0 Å². The number of nitrogens with two attached hydrogens (primary N) is 1. The Kier molecular flexibility index (Phi) is 6.39. The van der Waals surface area contributed by atoms with Crippen molar-refractivity contribution in [3.63, 3.8) is 0 Å². The number of carbonyl (C=O) groups is 2. The van der Waals surface area contributed by atoms with Gasteiger partial charge in [0.2, 0.25) is 5.91 Å².